The molecule has 2 aromatic heterocycles. The van der Waals surface area contributed by atoms with Crippen LogP contribution < -0.4 is 5.32 Å². The van der Waals surface area contributed by atoms with Crippen molar-refractivity contribution in [2.24, 2.45) is 0 Å². The summed E-state index contributed by atoms with van der Waals surface area (Å²) in [6.07, 6.45) is -2.27. The molecule has 6 nitrogen and oxygen atoms in total. The molecule has 154 valence electrons. The number of carbonyl (C=O) groups is 1. The van der Waals surface area contributed by atoms with Gasteiger partial charge in [0.05, 0.1) is 5.56 Å². The SMILES string of the molecule is O=C(NCCc1c[nH]c2ccc(F)cc12)c1nc(-c2ccc(C(F)(F)F)cc2)no1. The molecule has 2 heterocycles. The standard InChI is InChI=1S/C20H14F4N4O2/c21-14-5-6-16-15(9-14)12(10-26-16)7-8-25-18(29)19-27-17(28-30-19)11-1-3-13(4-2-11)20(22,23)24/h1-6,9-10,26H,7-8H2,(H,25,29). The molecule has 0 aliphatic carbocycles. The second-order valence-electron chi connectivity index (χ2n) is 6.51. The molecule has 0 saturated heterocycles. The Kier molecular flexibility index (Phi) is 4.98. The van der Waals surface area contributed by atoms with Gasteiger partial charge in [0.15, 0.2) is 0 Å². The molecule has 0 bridgehead atoms. The summed E-state index contributed by atoms with van der Waals surface area (Å²) < 4.78 is 56.2. The van der Waals surface area contributed by atoms with E-state index in [0.29, 0.717) is 6.42 Å². The molecule has 2 N–H and O–H groups in total. The molecule has 1 amide bonds. The van der Waals surface area contributed by atoms with Crippen molar-refractivity contribution in [2.75, 3.05) is 6.54 Å². The van der Waals surface area contributed by atoms with Crippen molar-refractivity contribution >= 4 is 16.8 Å². The second kappa shape index (κ2) is 7.62. The predicted octanol–water partition coefficient (Wildman–Crippen LogP) is 4.35. The van der Waals surface area contributed by atoms with E-state index in [2.05, 4.69) is 20.4 Å². The molecule has 0 aliphatic heterocycles. The van der Waals surface area contributed by atoms with E-state index >= 15 is 0 Å². The number of hydrogen-bond donors (Lipinski definition) is 2. The van der Waals surface area contributed by atoms with Crippen LogP contribution in [0.15, 0.2) is 53.2 Å². The Morgan fingerprint density at radius 2 is 1.90 bits per heavy atom. The number of carbonyl (C=O) groups excluding carboxylic acids is 1. The summed E-state index contributed by atoms with van der Waals surface area (Å²) in [6.45, 7) is 0.236. The zero-order valence-electron chi connectivity index (χ0n) is 15.3. The number of halogens is 4. The molecular formula is C20H14F4N4O2. The fourth-order valence-corrected chi connectivity index (χ4v) is 2.99. The van der Waals surface area contributed by atoms with Crippen LogP contribution in [0.4, 0.5) is 17.6 Å². The summed E-state index contributed by atoms with van der Waals surface area (Å²) in [6, 6.07) is 8.60. The first kappa shape index (κ1) is 19.6. The topological polar surface area (TPSA) is 83.8 Å². The monoisotopic (exact) mass is 418 g/mol. The predicted molar refractivity (Wildman–Crippen MR) is 99.0 cm³/mol. The van der Waals surface area contributed by atoms with E-state index in [-0.39, 0.29) is 29.6 Å². The van der Waals surface area contributed by atoms with Crippen molar-refractivity contribution in [2.45, 2.75) is 12.6 Å². The molecular weight excluding hydrogens is 404 g/mol. The van der Waals surface area contributed by atoms with Gasteiger partial charge in [-0.05, 0) is 42.3 Å². The third-order valence-corrected chi connectivity index (χ3v) is 4.50. The van der Waals surface area contributed by atoms with Crippen LogP contribution in [0.5, 0.6) is 0 Å². The third kappa shape index (κ3) is 4.02. The molecule has 4 aromatic rings. The maximum Gasteiger partial charge on any atom is 0.416 e. The minimum absolute atomic E-state index is 0.000906. The number of nitrogens with one attached hydrogen (secondary N) is 2. The van der Waals surface area contributed by atoms with Gasteiger partial charge >= 0.3 is 18.0 Å². The van der Waals surface area contributed by atoms with Crippen molar-refractivity contribution in [3.8, 4) is 11.4 Å². The van der Waals surface area contributed by atoms with Crippen molar-refractivity contribution in [3.05, 3.63) is 71.5 Å². The largest absolute Gasteiger partial charge is 0.416 e. The van der Waals surface area contributed by atoms with E-state index in [1.807, 2.05) is 0 Å². The number of benzene rings is 2. The van der Waals surface area contributed by atoms with E-state index in [4.69, 9.17) is 4.52 Å². The average molecular weight is 418 g/mol. The van der Waals surface area contributed by atoms with Crippen molar-refractivity contribution in [1.29, 1.82) is 0 Å². The number of amides is 1. The molecule has 0 saturated carbocycles. The maximum atomic E-state index is 13.4. The highest BCUT2D eigenvalue weighted by atomic mass is 19.4. The van der Waals surface area contributed by atoms with Gasteiger partial charge in [0, 0.05) is 29.2 Å². The normalized spacial score (nSPS) is 11.7. The second-order valence-corrected chi connectivity index (χ2v) is 6.51. The first-order valence-electron chi connectivity index (χ1n) is 8.86. The highest BCUT2D eigenvalue weighted by Gasteiger charge is 2.30. The molecule has 30 heavy (non-hydrogen) atoms. The molecule has 0 radical (unpaired) electrons. The van der Waals surface area contributed by atoms with Crippen LogP contribution in [0.3, 0.4) is 0 Å². The fraction of sp³-hybridized carbons (Fsp3) is 0.150. The summed E-state index contributed by atoms with van der Waals surface area (Å²) in [4.78, 5) is 19.1. The van der Waals surface area contributed by atoms with Crippen LogP contribution >= 0.6 is 0 Å². The molecule has 2 aromatic carbocycles. The third-order valence-electron chi connectivity index (χ3n) is 4.50. The summed E-state index contributed by atoms with van der Waals surface area (Å²) in [7, 11) is 0. The van der Waals surface area contributed by atoms with E-state index < -0.39 is 17.6 Å². The summed E-state index contributed by atoms with van der Waals surface area (Å²) in [5.74, 6) is -1.28. The first-order valence-corrected chi connectivity index (χ1v) is 8.86. The lowest BCUT2D eigenvalue weighted by atomic mass is 10.1. The van der Waals surface area contributed by atoms with Gasteiger partial charge in [-0.3, -0.25) is 4.79 Å². The molecule has 0 aliphatic rings. The van der Waals surface area contributed by atoms with Gasteiger partial charge in [-0.2, -0.15) is 18.2 Å². The molecule has 0 spiro atoms. The minimum atomic E-state index is -4.45. The number of fused-ring (bicyclic) bond motifs is 1. The van der Waals surface area contributed by atoms with Gasteiger partial charge in [0.25, 0.3) is 0 Å². The number of nitrogens with zero attached hydrogens (tertiary/aromatic N) is 2. The molecule has 10 heteroatoms. The van der Waals surface area contributed by atoms with Crippen LogP contribution in [0.25, 0.3) is 22.3 Å². The number of aromatic amines is 1. The summed E-state index contributed by atoms with van der Waals surface area (Å²) in [5, 5.41) is 6.98. The van der Waals surface area contributed by atoms with Crippen LogP contribution in [-0.2, 0) is 12.6 Å². The Morgan fingerprint density at radius 1 is 1.13 bits per heavy atom. The van der Waals surface area contributed by atoms with E-state index in [0.717, 1.165) is 28.6 Å². The average Bonchev–Trinajstić information content (AvgIpc) is 3.35. The molecule has 4 rings (SSSR count). The van der Waals surface area contributed by atoms with Gasteiger partial charge in [0.2, 0.25) is 5.82 Å². The Balaban J connectivity index is 1.39. The summed E-state index contributed by atoms with van der Waals surface area (Å²) >= 11 is 0. The zero-order chi connectivity index (χ0) is 21.3. The number of H-pyrrole nitrogens is 1. The quantitative estimate of drug-likeness (QED) is 0.472. The summed E-state index contributed by atoms with van der Waals surface area (Å²) in [5.41, 5.74) is 1.10. The number of rotatable bonds is 5. The number of aromatic nitrogens is 3. The van der Waals surface area contributed by atoms with Gasteiger partial charge < -0.3 is 14.8 Å². The minimum Gasteiger partial charge on any atom is -0.361 e. The highest BCUT2D eigenvalue weighted by molar-refractivity contribution is 5.90. The van der Waals surface area contributed by atoms with Crippen LogP contribution in [-0.4, -0.2) is 27.6 Å². The van der Waals surface area contributed by atoms with E-state index in [9.17, 15) is 22.4 Å². The van der Waals surface area contributed by atoms with Gasteiger partial charge in [0.1, 0.15) is 5.82 Å². The smallest absolute Gasteiger partial charge is 0.361 e. The van der Waals surface area contributed by atoms with Gasteiger partial charge in [-0.15, -0.1) is 0 Å². The number of alkyl halides is 3. The molecule has 0 fully saturated rings. The van der Waals surface area contributed by atoms with Crippen LogP contribution in [0.1, 0.15) is 21.8 Å². The lowest BCUT2D eigenvalue weighted by Crippen LogP contribution is -2.25. The van der Waals surface area contributed by atoms with Gasteiger partial charge in [-0.25, -0.2) is 4.39 Å². The van der Waals surface area contributed by atoms with Crippen LogP contribution in [0.2, 0.25) is 0 Å². The zero-order valence-corrected chi connectivity index (χ0v) is 15.3. The Labute approximate surface area is 166 Å². The fourth-order valence-electron chi connectivity index (χ4n) is 2.99. The lowest BCUT2D eigenvalue weighted by Gasteiger charge is -2.05. The highest BCUT2D eigenvalue weighted by Crippen LogP contribution is 2.30. The molecule has 0 atom stereocenters. The van der Waals surface area contributed by atoms with Crippen LogP contribution in [0, 0.1) is 5.82 Å². The van der Waals surface area contributed by atoms with E-state index in [1.54, 1.807) is 12.3 Å². The Morgan fingerprint density at radius 3 is 2.63 bits per heavy atom. The van der Waals surface area contributed by atoms with Gasteiger partial charge in [-0.1, -0.05) is 17.3 Å². The molecule has 0 unspecified atom stereocenters. The maximum absolute atomic E-state index is 13.4. The van der Waals surface area contributed by atoms with Crippen molar-refractivity contribution in [1.82, 2.24) is 20.4 Å². The van der Waals surface area contributed by atoms with E-state index in [1.165, 1.54) is 24.3 Å². The Hall–Kier alpha value is -3.69. The number of hydrogen-bond acceptors (Lipinski definition) is 4. The lowest BCUT2D eigenvalue weighted by molar-refractivity contribution is -0.137. The first-order chi connectivity index (χ1) is 14.3. The van der Waals surface area contributed by atoms with Crippen molar-refractivity contribution < 1.29 is 26.9 Å². The van der Waals surface area contributed by atoms with Crippen molar-refractivity contribution in [3.63, 3.8) is 0 Å². The Bertz CT molecular complexity index is 1200.